The van der Waals surface area contributed by atoms with Crippen LogP contribution in [0.1, 0.15) is 24.7 Å². The topological polar surface area (TPSA) is 103 Å². The Morgan fingerprint density at radius 1 is 1.36 bits per heavy atom. The molecule has 0 radical (unpaired) electrons. The molecule has 0 unspecified atom stereocenters. The van der Waals surface area contributed by atoms with E-state index in [9.17, 15) is 9.59 Å². The van der Waals surface area contributed by atoms with Gasteiger partial charge in [0.05, 0.1) is 5.75 Å². The van der Waals surface area contributed by atoms with E-state index >= 15 is 0 Å². The normalized spacial score (nSPS) is 10.7. The second-order valence-corrected chi connectivity index (χ2v) is 6.71. The Morgan fingerprint density at radius 2 is 2.12 bits per heavy atom. The van der Waals surface area contributed by atoms with E-state index in [0.29, 0.717) is 34.7 Å². The SMILES string of the molecule is CCn1c(CCC(N)=O)nnc1SCC(=O)Nc1cccc(Cl)c1C. The molecule has 2 amide bonds. The summed E-state index contributed by atoms with van der Waals surface area (Å²) in [6.07, 6.45) is 0.655. The van der Waals surface area contributed by atoms with Crippen molar-refractivity contribution in [1.82, 2.24) is 14.8 Å². The van der Waals surface area contributed by atoms with E-state index in [-0.39, 0.29) is 24.0 Å². The summed E-state index contributed by atoms with van der Waals surface area (Å²) in [6.45, 7) is 4.46. The van der Waals surface area contributed by atoms with Crippen LogP contribution in [0.5, 0.6) is 0 Å². The molecule has 3 N–H and O–H groups in total. The van der Waals surface area contributed by atoms with Gasteiger partial charge in [-0.3, -0.25) is 9.59 Å². The fraction of sp³-hybridized carbons (Fsp3) is 0.375. The number of aromatic nitrogens is 3. The quantitative estimate of drug-likeness (QED) is 0.683. The molecule has 2 rings (SSSR count). The van der Waals surface area contributed by atoms with Crippen molar-refractivity contribution in [2.45, 2.75) is 38.4 Å². The minimum Gasteiger partial charge on any atom is -0.370 e. The predicted octanol–water partition coefficient (Wildman–Crippen LogP) is 2.41. The summed E-state index contributed by atoms with van der Waals surface area (Å²) in [6, 6.07) is 5.37. The van der Waals surface area contributed by atoms with E-state index < -0.39 is 0 Å². The third-order valence-corrected chi connectivity index (χ3v) is 4.96. The average Bonchev–Trinajstić information content (AvgIpc) is 2.97. The predicted molar refractivity (Wildman–Crippen MR) is 98.8 cm³/mol. The first kappa shape index (κ1) is 19.3. The number of thioether (sulfide) groups is 1. The Bertz CT molecular complexity index is 778. The molecule has 1 aromatic carbocycles. The summed E-state index contributed by atoms with van der Waals surface area (Å²) in [5.74, 6) is 0.352. The van der Waals surface area contributed by atoms with Crippen LogP contribution in [0.4, 0.5) is 5.69 Å². The lowest BCUT2D eigenvalue weighted by atomic mass is 10.2. The molecule has 9 heteroatoms. The van der Waals surface area contributed by atoms with E-state index in [1.165, 1.54) is 11.8 Å². The number of rotatable bonds is 8. The lowest BCUT2D eigenvalue weighted by Crippen LogP contribution is -2.16. The largest absolute Gasteiger partial charge is 0.370 e. The molecule has 0 aliphatic rings. The number of hydrogen-bond acceptors (Lipinski definition) is 5. The number of nitrogens with one attached hydrogen (secondary N) is 1. The second kappa shape index (κ2) is 8.87. The summed E-state index contributed by atoms with van der Waals surface area (Å²) in [5, 5.41) is 12.3. The summed E-state index contributed by atoms with van der Waals surface area (Å²) in [7, 11) is 0. The number of aryl methyl sites for hydroxylation is 1. The van der Waals surface area contributed by atoms with Crippen molar-refractivity contribution in [1.29, 1.82) is 0 Å². The van der Waals surface area contributed by atoms with Crippen LogP contribution in [0.2, 0.25) is 5.02 Å². The van der Waals surface area contributed by atoms with E-state index in [2.05, 4.69) is 15.5 Å². The van der Waals surface area contributed by atoms with Crippen molar-refractivity contribution in [3.8, 4) is 0 Å². The highest BCUT2D eigenvalue weighted by Gasteiger charge is 2.14. The summed E-state index contributed by atoms with van der Waals surface area (Å²) < 4.78 is 1.88. The number of anilines is 1. The van der Waals surface area contributed by atoms with Crippen LogP contribution in [0.3, 0.4) is 0 Å². The van der Waals surface area contributed by atoms with Crippen molar-refractivity contribution >= 4 is 40.9 Å². The van der Waals surface area contributed by atoms with Gasteiger partial charge < -0.3 is 15.6 Å². The molecule has 25 heavy (non-hydrogen) atoms. The van der Waals surface area contributed by atoms with Gasteiger partial charge in [0.15, 0.2) is 5.16 Å². The van der Waals surface area contributed by atoms with Crippen molar-refractivity contribution in [3.05, 3.63) is 34.6 Å². The number of nitrogens with zero attached hydrogens (tertiary/aromatic N) is 3. The highest BCUT2D eigenvalue weighted by molar-refractivity contribution is 7.99. The van der Waals surface area contributed by atoms with Crippen molar-refractivity contribution in [3.63, 3.8) is 0 Å². The minimum atomic E-state index is -0.379. The number of benzene rings is 1. The standard InChI is InChI=1S/C16H20ClN5O2S/c1-3-22-14(8-7-13(18)23)20-21-16(22)25-9-15(24)19-12-6-4-5-11(17)10(12)2/h4-6H,3,7-9H2,1-2H3,(H2,18,23)(H,19,24). The molecule has 0 aliphatic carbocycles. The van der Waals surface area contributed by atoms with Crippen molar-refractivity contribution in [2.75, 3.05) is 11.1 Å². The summed E-state index contributed by atoms with van der Waals surface area (Å²) in [4.78, 5) is 23.1. The van der Waals surface area contributed by atoms with Crippen LogP contribution in [0.15, 0.2) is 23.4 Å². The van der Waals surface area contributed by atoms with Crippen LogP contribution in [0.25, 0.3) is 0 Å². The number of carbonyl (C=O) groups excluding carboxylic acids is 2. The van der Waals surface area contributed by atoms with Gasteiger partial charge in [0, 0.05) is 30.1 Å². The average molecular weight is 382 g/mol. The number of hydrogen-bond donors (Lipinski definition) is 2. The fourth-order valence-corrected chi connectivity index (χ4v) is 3.22. The highest BCUT2D eigenvalue weighted by Crippen LogP contribution is 2.24. The molecular formula is C16H20ClN5O2S. The third-order valence-electron chi connectivity index (χ3n) is 3.58. The maximum absolute atomic E-state index is 12.2. The van der Waals surface area contributed by atoms with Crippen LogP contribution < -0.4 is 11.1 Å². The van der Waals surface area contributed by atoms with Gasteiger partial charge in [-0.2, -0.15) is 0 Å². The molecule has 7 nitrogen and oxygen atoms in total. The Balaban J connectivity index is 1.97. The Morgan fingerprint density at radius 3 is 2.80 bits per heavy atom. The highest BCUT2D eigenvalue weighted by atomic mass is 35.5. The molecule has 134 valence electrons. The summed E-state index contributed by atoms with van der Waals surface area (Å²) in [5.41, 5.74) is 6.69. The molecule has 2 aromatic rings. The zero-order chi connectivity index (χ0) is 18.4. The number of nitrogens with two attached hydrogens (primary N) is 1. The first-order valence-electron chi connectivity index (χ1n) is 7.80. The van der Waals surface area contributed by atoms with E-state index in [4.69, 9.17) is 17.3 Å². The molecule has 0 spiro atoms. The Labute approximate surface area is 155 Å². The lowest BCUT2D eigenvalue weighted by Gasteiger charge is -2.10. The first-order valence-corrected chi connectivity index (χ1v) is 9.16. The zero-order valence-electron chi connectivity index (χ0n) is 14.1. The molecular weight excluding hydrogens is 362 g/mol. The minimum absolute atomic E-state index is 0.153. The second-order valence-electron chi connectivity index (χ2n) is 5.36. The lowest BCUT2D eigenvalue weighted by molar-refractivity contribution is -0.118. The van der Waals surface area contributed by atoms with Crippen molar-refractivity contribution < 1.29 is 9.59 Å². The van der Waals surface area contributed by atoms with Crippen LogP contribution in [-0.2, 0) is 22.6 Å². The van der Waals surface area contributed by atoms with Gasteiger partial charge in [0.2, 0.25) is 11.8 Å². The Hall–Kier alpha value is -2.06. The zero-order valence-corrected chi connectivity index (χ0v) is 15.7. The van der Waals surface area contributed by atoms with Crippen molar-refractivity contribution in [2.24, 2.45) is 5.73 Å². The fourth-order valence-electron chi connectivity index (χ4n) is 2.22. The smallest absolute Gasteiger partial charge is 0.234 e. The molecule has 0 saturated carbocycles. The van der Waals surface area contributed by atoms with Gasteiger partial charge in [-0.05, 0) is 31.5 Å². The van der Waals surface area contributed by atoms with Gasteiger partial charge >= 0.3 is 0 Å². The van der Waals surface area contributed by atoms with Gasteiger partial charge in [-0.1, -0.05) is 29.4 Å². The number of carbonyl (C=O) groups is 2. The van der Waals surface area contributed by atoms with Crippen LogP contribution in [-0.4, -0.2) is 32.3 Å². The number of halogens is 1. The number of amides is 2. The van der Waals surface area contributed by atoms with Crippen LogP contribution in [0, 0.1) is 6.92 Å². The maximum Gasteiger partial charge on any atom is 0.234 e. The molecule has 0 saturated heterocycles. The molecule has 1 heterocycles. The van der Waals surface area contributed by atoms with Gasteiger partial charge in [0.25, 0.3) is 0 Å². The van der Waals surface area contributed by atoms with Gasteiger partial charge in [0.1, 0.15) is 5.82 Å². The first-order chi connectivity index (χ1) is 11.9. The maximum atomic E-state index is 12.2. The summed E-state index contributed by atoms with van der Waals surface area (Å²) >= 11 is 7.35. The molecule has 0 aliphatic heterocycles. The van der Waals surface area contributed by atoms with Gasteiger partial charge in [-0.25, -0.2) is 0 Å². The molecule has 0 atom stereocenters. The molecule has 0 fully saturated rings. The monoisotopic (exact) mass is 381 g/mol. The van der Waals surface area contributed by atoms with E-state index in [1.54, 1.807) is 18.2 Å². The van der Waals surface area contributed by atoms with E-state index in [1.807, 2.05) is 18.4 Å². The number of primary amides is 1. The van der Waals surface area contributed by atoms with Crippen LogP contribution >= 0.6 is 23.4 Å². The molecule has 1 aromatic heterocycles. The molecule has 0 bridgehead atoms. The van der Waals surface area contributed by atoms with Gasteiger partial charge in [-0.15, -0.1) is 10.2 Å². The van der Waals surface area contributed by atoms with E-state index in [0.717, 1.165) is 5.56 Å². The Kier molecular flexibility index (Phi) is 6.83. The third kappa shape index (κ3) is 5.20.